The van der Waals surface area contributed by atoms with Crippen LogP contribution in [0, 0.1) is 0 Å². The highest BCUT2D eigenvalue weighted by atomic mass is 32.2. The van der Waals surface area contributed by atoms with Crippen molar-refractivity contribution in [3.63, 3.8) is 0 Å². The number of carbonyl (C=O) groups excluding carboxylic acids is 1. The number of esters is 1. The molecule has 0 fully saturated rings. The Morgan fingerprint density at radius 1 is 1.08 bits per heavy atom. The Bertz CT molecular complexity index is 685. The zero-order valence-electron chi connectivity index (χ0n) is 14.4. The molecule has 0 aliphatic carbocycles. The Kier molecular flexibility index (Phi) is 6.55. The van der Waals surface area contributed by atoms with Crippen molar-refractivity contribution in [2.24, 2.45) is 0 Å². The van der Waals surface area contributed by atoms with E-state index in [4.69, 9.17) is 14.2 Å². The quantitative estimate of drug-likeness (QED) is 0.535. The fraction of sp³-hybridized carbons (Fsp3) is 0.316. The highest BCUT2D eigenvalue weighted by Gasteiger charge is 2.25. The highest BCUT2D eigenvalue weighted by molar-refractivity contribution is 7.99. The van der Waals surface area contributed by atoms with E-state index < -0.39 is 5.97 Å². The Labute approximate surface area is 147 Å². The van der Waals surface area contributed by atoms with Gasteiger partial charge in [-0.25, -0.2) is 4.79 Å². The zero-order valence-corrected chi connectivity index (χ0v) is 15.2. The maximum absolute atomic E-state index is 12.3. The molecule has 2 aromatic carbocycles. The summed E-state index contributed by atoms with van der Waals surface area (Å²) in [4.78, 5) is 13.5. The largest absolute Gasteiger partial charge is 0.497 e. The van der Waals surface area contributed by atoms with Crippen LogP contribution < -0.4 is 9.47 Å². The molecule has 1 atom stereocenters. The van der Waals surface area contributed by atoms with Crippen LogP contribution in [-0.4, -0.2) is 27.3 Å². The third kappa shape index (κ3) is 4.03. The summed E-state index contributed by atoms with van der Waals surface area (Å²) in [7, 11) is 4.51. The molecule has 5 heteroatoms. The average Bonchev–Trinajstić information content (AvgIpc) is 2.65. The molecular weight excluding hydrogens is 324 g/mol. The summed E-state index contributed by atoms with van der Waals surface area (Å²) < 4.78 is 15.7. The Morgan fingerprint density at radius 3 is 2.33 bits per heavy atom. The fourth-order valence-corrected chi connectivity index (χ4v) is 3.62. The van der Waals surface area contributed by atoms with E-state index in [9.17, 15) is 4.79 Å². The van der Waals surface area contributed by atoms with Gasteiger partial charge in [0.1, 0.15) is 17.1 Å². The van der Waals surface area contributed by atoms with Crippen LogP contribution in [-0.2, 0) is 4.74 Å². The molecule has 4 nitrogen and oxygen atoms in total. The molecule has 0 heterocycles. The van der Waals surface area contributed by atoms with Crippen molar-refractivity contribution in [3.8, 4) is 11.5 Å². The van der Waals surface area contributed by atoms with Gasteiger partial charge in [-0.3, -0.25) is 0 Å². The number of carbonyl (C=O) groups is 1. The molecule has 2 aromatic rings. The van der Waals surface area contributed by atoms with Gasteiger partial charge < -0.3 is 14.2 Å². The Hall–Kier alpha value is -2.14. The maximum Gasteiger partial charge on any atom is 0.341 e. The number of hydrogen-bond donors (Lipinski definition) is 0. The molecule has 128 valence electrons. The minimum absolute atomic E-state index is 0.0745. The summed E-state index contributed by atoms with van der Waals surface area (Å²) >= 11 is 1.70. The van der Waals surface area contributed by atoms with Crippen LogP contribution in [0.3, 0.4) is 0 Å². The third-order valence-electron chi connectivity index (χ3n) is 3.69. The van der Waals surface area contributed by atoms with E-state index in [1.807, 2.05) is 24.3 Å². The van der Waals surface area contributed by atoms with E-state index in [1.165, 1.54) is 14.2 Å². The fourth-order valence-electron chi connectivity index (χ4n) is 2.49. The molecule has 0 bridgehead atoms. The molecule has 0 aliphatic rings. The topological polar surface area (TPSA) is 44.8 Å². The number of hydrogen-bond acceptors (Lipinski definition) is 5. The normalized spacial score (nSPS) is 11.7. The number of rotatable bonds is 7. The van der Waals surface area contributed by atoms with Gasteiger partial charge in [0.25, 0.3) is 0 Å². The average molecular weight is 346 g/mol. The summed E-state index contributed by atoms with van der Waals surface area (Å²) in [6.45, 7) is 2.09. The van der Waals surface area contributed by atoms with Crippen LogP contribution in [0.25, 0.3) is 0 Å². The first-order chi connectivity index (χ1) is 11.6. The molecule has 0 saturated carbocycles. The van der Waals surface area contributed by atoms with E-state index >= 15 is 0 Å². The van der Waals surface area contributed by atoms with Crippen molar-refractivity contribution in [1.29, 1.82) is 0 Å². The number of methoxy groups -OCH3 is 3. The SMILES string of the molecule is CCC(Sc1ccccc1)c1cc(OC)cc(OC)c1C(=O)OC. The summed E-state index contributed by atoms with van der Waals surface area (Å²) in [5.41, 5.74) is 1.31. The second-order valence-electron chi connectivity index (χ2n) is 5.11. The third-order valence-corrected chi connectivity index (χ3v) is 5.11. The first-order valence-corrected chi connectivity index (χ1v) is 8.58. The molecule has 24 heavy (non-hydrogen) atoms. The predicted molar refractivity (Wildman–Crippen MR) is 96.2 cm³/mol. The van der Waals surface area contributed by atoms with Gasteiger partial charge >= 0.3 is 5.97 Å². The van der Waals surface area contributed by atoms with Crippen LogP contribution >= 0.6 is 11.8 Å². The van der Waals surface area contributed by atoms with Crippen LogP contribution in [0.2, 0.25) is 0 Å². The first-order valence-electron chi connectivity index (χ1n) is 7.70. The van der Waals surface area contributed by atoms with E-state index in [2.05, 4.69) is 19.1 Å². The van der Waals surface area contributed by atoms with Gasteiger partial charge in [-0.2, -0.15) is 0 Å². The van der Waals surface area contributed by atoms with Gasteiger partial charge in [0.2, 0.25) is 0 Å². The van der Waals surface area contributed by atoms with Gasteiger partial charge in [0, 0.05) is 16.2 Å². The van der Waals surface area contributed by atoms with Gasteiger partial charge in [0.15, 0.2) is 0 Å². The van der Waals surface area contributed by atoms with Crippen LogP contribution in [0.1, 0.15) is 34.5 Å². The van der Waals surface area contributed by atoms with E-state index in [1.54, 1.807) is 24.9 Å². The van der Waals surface area contributed by atoms with Gasteiger partial charge in [0.05, 0.1) is 21.3 Å². The Balaban J connectivity index is 2.53. The molecule has 2 rings (SSSR count). The molecule has 0 radical (unpaired) electrons. The summed E-state index contributed by atoms with van der Waals surface area (Å²) in [5, 5.41) is 0.0745. The number of benzene rings is 2. The van der Waals surface area contributed by atoms with E-state index in [0.29, 0.717) is 17.1 Å². The van der Waals surface area contributed by atoms with Gasteiger partial charge in [-0.05, 0) is 30.2 Å². The van der Waals surface area contributed by atoms with Gasteiger partial charge in [-0.15, -0.1) is 11.8 Å². The van der Waals surface area contributed by atoms with Crippen molar-refractivity contribution < 1.29 is 19.0 Å². The van der Waals surface area contributed by atoms with Crippen molar-refractivity contribution in [2.45, 2.75) is 23.5 Å². The number of ether oxygens (including phenoxy) is 3. The minimum Gasteiger partial charge on any atom is -0.497 e. The standard InChI is InChI=1S/C19H22O4S/c1-5-17(24-14-9-7-6-8-10-14)15-11-13(21-2)12-16(22-3)18(15)19(20)23-4/h6-12,17H,5H2,1-4H3. The lowest BCUT2D eigenvalue weighted by atomic mass is 10.0. The summed E-state index contributed by atoms with van der Waals surface area (Å²) in [6.07, 6.45) is 0.847. The molecule has 0 spiro atoms. The zero-order chi connectivity index (χ0) is 17.5. The predicted octanol–water partition coefficient (Wildman–Crippen LogP) is 4.73. The lowest BCUT2D eigenvalue weighted by Crippen LogP contribution is -2.10. The van der Waals surface area contributed by atoms with Crippen molar-refractivity contribution in [2.75, 3.05) is 21.3 Å². The van der Waals surface area contributed by atoms with Crippen LogP contribution in [0.15, 0.2) is 47.4 Å². The van der Waals surface area contributed by atoms with Crippen LogP contribution in [0.5, 0.6) is 11.5 Å². The van der Waals surface area contributed by atoms with Crippen molar-refractivity contribution in [1.82, 2.24) is 0 Å². The number of thioether (sulfide) groups is 1. The first kappa shape index (κ1) is 18.2. The molecule has 0 N–H and O–H groups in total. The molecule has 0 amide bonds. The molecule has 0 saturated heterocycles. The van der Waals surface area contributed by atoms with Crippen molar-refractivity contribution >= 4 is 17.7 Å². The van der Waals surface area contributed by atoms with Gasteiger partial charge in [-0.1, -0.05) is 25.1 Å². The second kappa shape index (κ2) is 8.64. The lowest BCUT2D eigenvalue weighted by Gasteiger charge is -2.21. The maximum atomic E-state index is 12.3. The second-order valence-corrected chi connectivity index (χ2v) is 6.39. The van der Waals surface area contributed by atoms with Crippen LogP contribution in [0.4, 0.5) is 0 Å². The molecular formula is C19H22O4S. The monoisotopic (exact) mass is 346 g/mol. The van der Waals surface area contributed by atoms with Crippen molar-refractivity contribution in [3.05, 3.63) is 53.6 Å². The molecule has 0 aliphatic heterocycles. The smallest absolute Gasteiger partial charge is 0.341 e. The lowest BCUT2D eigenvalue weighted by molar-refractivity contribution is 0.0595. The van der Waals surface area contributed by atoms with E-state index in [0.717, 1.165) is 16.9 Å². The highest BCUT2D eigenvalue weighted by Crippen LogP contribution is 2.43. The molecule has 0 aromatic heterocycles. The minimum atomic E-state index is -0.406. The summed E-state index contributed by atoms with van der Waals surface area (Å²) in [5.74, 6) is 0.710. The van der Waals surface area contributed by atoms with E-state index in [-0.39, 0.29) is 5.25 Å². The molecule has 1 unspecified atom stereocenters. The summed E-state index contributed by atoms with van der Waals surface area (Å²) in [6, 6.07) is 13.7. The Morgan fingerprint density at radius 2 is 1.79 bits per heavy atom.